The molecule has 2 atom stereocenters. The van der Waals surface area contributed by atoms with Gasteiger partial charge in [0.15, 0.2) is 0 Å². The number of hydrogen-bond acceptors (Lipinski definition) is 1. The second-order valence-corrected chi connectivity index (χ2v) is 5.58. The Hall–Kier alpha value is -0.0400. The summed E-state index contributed by atoms with van der Waals surface area (Å²) in [6, 6.07) is 0.652. The lowest BCUT2D eigenvalue weighted by Crippen LogP contribution is -2.38. The van der Waals surface area contributed by atoms with Crippen LogP contribution in [0.5, 0.6) is 0 Å². The predicted molar refractivity (Wildman–Crippen MR) is 68.0 cm³/mol. The maximum Gasteiger partial charge on any atom is 0.00104 e. The Kier molecular flexibility index (Phi) is 5.66. The highest BCUT2D eigenvalue weighted by molar-refractivity contribution is 4.84. The summed E-state index contributed by atoms with van der Waals surface area (Å²) in [6.07, 6.45) is 7.18. The second-order valence-electron chi connectivity index (χ2n) is 5.58. The fourth-order valence-electron chi connectivity index (χ4n) is 2.65. The topological polar surface area (TPSA) is 12.0 Å². The van der Waals surface area contributed by atoms with Crippen LogP contribution in [0.2, 0.25) is 0 Å². The van der Waals surface area contributed by atoms with Gasteiger partial charge in [-0.3, -0.25) is 0 Å². The molecule has 1 nitrogen and oxygen atoms in total. The minimum Gasteiger partial charge on any atom is -0.314 e. The van der Waals surface area contributed by atoms with Gasteiger partial charge in [0.05, 0.1) is 0 Å². The van der Waals surface area contributed by atoms with Crippen molar-refractivity contribution in [3.63, 3.8) is 0 Å². The highest BCUT2D eigenvalue weighted by Crippen LogP contribution is 2.39. The van der Waals surface area contributed by atoms with E-state index in [1.807, 2.05) is 0 Å². The van der Waals surface area contributed by atoms with E-state index in [2.05, 4.69) is 33.0 Å². The summed E-state index contributed by atoms with van der Waals surface area (Å²) in [5.74, 6) is 2.99. The van der Waals surface area contributed by atoms with Crippen molar-refractivity contribution in [1.82, 2.24) is 5.32 Å². The molecule has 1 N–H and O–H groups in total. The van der Waals surface area contributed by atoms with Crippen molar-refractivity contribution >= 4 is 0 Å². The van der Waals surface area contributed by atoms with Gasteiger partial charge in [-0.05, 0) is 43.6 Å². The fourth-order valence-corrected chi connectivity index (χ4v) is 2.65. The first-order valence-corrected chi connectivity index (χ1v) is 6.90. The van der Waals surface area contributed by atoms with Gasteiger partial charge in [0.2, 0.25) is 0 Å². The van der Waals surface area contributed by atoms with E-state index in [-0.39, 0.29) is 0 Å². The van der Waals surface area contributed by atoms with Crippen LogP contribution in [-0.4, -0.2) is 12.6 Å². The van der Waals surface area contributed by atoms with Gasteiger partial charge in [0.25, 0.3) is 0 Å². The van der Waals surface area contributed by atoms with Gasteiger partial charge in [-0.1, -0.05) is 40.5 Å². The summed E-state index contributed by atoms with van der Waals surface area (Å²) in [5, 5.41) is 3.59. The summed E-state index contributed by atoms with van der Waals surface area (Å²) in [7, 11) is 0. The Labute approximate surface area is 96.0 Å². The first-order valence-electron chi connectivity index (χ1n) is 6.90. The molecule has 0 bridgehead atoms. The van der Waals surface area contributed by atoms with Crippen molar-refractivity contribution < 1.29 is 0 Å². The van der Waals surface area contributed by atoms with Crippen molar-refractivity contribution in [2.75, 3.05) is 6.54 Å². The van der Waals surface area contributed by atoms with Gasteiger partial charge in [0, 0.05) is 6.04 Å². The normalized spacial score (nSPS) is 26.0. The number of rotatable bonds is 7. The summed E-state index contributed by atoms with van der Waals surface area (Å²) in [6.45, 7) is 10.4. The maximum atomic E-state index is 3.59. The molecule has 1 fully saturated rings. The first kappa shape index (κ1) is 13.0. The van der Waals surface area contributed by atoms with Crippen molar-refractivity contribution in [3.05, 3.63) is 0 Å². The third kappa shape index (κ3) is 4.14. The van der Waals surface area contributed by atoms with Crippen LogP contribution in [0.25, 0.3) is 0 Å². The molecule has 0 aromatic heterocycles. The first-order chi connectivity index (χ1) is 7.17. The lowest BCUT2D eigenvalue weighted by atomic mass is 9.69. The fraction of sp³-hybridized carbons (Fsp3) is 1.00. The summed E-state index contributed by atoms with van der Waals surface area (Å²) < 4.78 is 0. The highest BCUT2D eigenvalue weighted by atomic mass is 14.9. The molecule has 0 aromatic rings. The van der Waals surface area contributed by atoms with Gasteiger partial charge < -0.3 is 5.32 Å². The molecule has 0 aliphatic heterocycles. The smallest absolute Gasteiger partial charge is 0.00104 e. The Morgan fingerprint density at radius 3 is 2.07 bits per heavy atom. The van der Waals surface area contributed by atoms with E-state index in [4.69, 9.17) is 0 Å². The van der Waals surface area contributed by atoms with Gasteiger partial charge >= 0.3 is 0 Å². The van der Waals surface area contributed by atoms with Crippen LogP contribution < -0.4 is 5.32 Å². The van der Waals surface area contributed by atoms with Crippen molar-refractivity contribution in [2.24, 2.45) is 17.8 Å². The van der Waals surface area contributed by atoms with E-state index in [1.54, 1.807) is 0 Å². The van der Waals surface area contributed by atoms with Crippen LogP contribution in [0.3, 0.4) is 0 Å². The Bertz CT molecular complexity index is 161. The van der Waals surface area contributed by atoms with Crippen LogP contribution in [0.15, 0.2) is 0 Å². The van der Waals surface area contributed by atoms with Crippen molar-refractivity contribution in [3.8, 4) is 0 Å². The Balaban J connectivity index is 2.19. The molecule has 0 saturated heterocycles. The molecule has 0 amide bonds. The highest BCUT2D eigenvalue weighted by Gasteiger charge is 2.31. The van der Waals surface area contributed by atoms with Gasteiger partial charge in [-0.2, -0.15) is 0 Å². The molecule has 90 valence electrons. The van der Waals surface area contributed by atoms with Crippen LogP contribution in [0, 0.1) is 17.8 Å². The van der Waals surface area contributed by atoms with Crippen LogP contribution >= 0.6 is 0 Å². The summed E-state index contributed by atoms with van der Waals surface area (Å²) in [5.41, 5.74) is 0. The van der Waals surface area contributed by atoms with E-state index in [9.17, 15) is 0 Å². The van der Waals surface area contributed by atoms with Crippen molar-refractivity contribution in [1.29, 1.82) is 0 Å². The number of hydrogen-bond donors (Lipinski definition) is 1. The van der Waals surface area contributed by atoms with Crippen LogP contribution in [0.1, 0.15) is 59.8 Å². The third-order valence-corrected chi connectivity index (χ3v) is 4.15. The summed E-state index contributed by atoms with van der Waals surface area (Å²) in [4.78, 5) is 0. The SMILES string of the molecule is CCC(CC)CC1CCC1CNC(C)C. The van der Waals surface area contributed by atoms with Crippen LogP contribution in [0.4, 0.5) is 0 Å². The van der Waals surface area contributed by atoms with E-state index in [0.717, 1.165) is 17.8 Å². The van der Waals surface area contributed by atoms with Gasteiger partial charge in [-0.25, -0.2) is 0 Å². The predicted octanol–water partition coefficient (Wildman–Crippen LogP) is 3.84. The van der Waals surface area contributed by atoms with Gasteiger partial charge in [-0.15, -0.1) is 0 Å². The molecule has 0 radical (unpaired) electrons. The minimum atomic E-state index is 0.652. The number of nitrogens with one attached hydrogen (secondary N) is 1. The zero-order valence-corrected chi connectivity index (χ0v) is 11.1. The zero-order valence-electron chi connectivity index (χ0n) is 11.1. The second kappa shape index (κ2) is 6.52. The Morgan fingerprint density at radius 1 is 1.07 bits per heavy atom. The third-order valence-electron chi connectivity index (χ3n) is 4.15. The lowest BCUT2D eigenvalue weighted by molar-refractivity contribution is 0.132. The molecule has 1 saturated carbocycles. The van der Waals surface area contributed by atoms with E-state index in [1.165, 1.54) is 38.6 Å². The van der Waals surface area contributed by atoms with E-state index >= 15 is 0 Å². The molecule has 2 unspecified atom stereocenters. The quantitative estimate of drug-likeness (QED) is 0.674. The largest absolute Gasteiger partial charge is 0.314 e. The molecular formula is C14H29N. The Morgan fingerprint density at radius 2 is 1.67 bits per heavy atom. The molecule has 0 heterocycles. The summed E-state index contributed by atoms with van der Waals surface area (Å²) >= 11 is 0. The average Bonchev–Trinajstić information content (AvgIpc) is 2.17. The van der Waals surface area contributed by atoms with E-state index < -0.39 is 0 Å². The monoisotopic (exact) mass is 211 g/mol. The molecule has 0 spiro atoms. The molecule has 1 aliphatic rings. The molecule has 1 aliphatic carbocycles. The molecule has 15 heavy (non-hydrogen) atoms. The average molecular weight is 211 g/mol. The van der Waals surface area contributed by atoms with E-state index in [0.29, 0.717) is 6.04 Å². The standard InChI is InChI=1S/C14H29N/c1-5-12(6-2)9-13-7-8-14(13)10-15-11(3)4/h11-15H,5-10H2,1-4H3. The molecule has 1 heteroatoms. The van der Waals surface area contributed by atoms with Gasteiger partial charge in [0.1, 0.15) is 0 Å². The molecule has 0 aromatic carbocycles. The lowest BCUT2D eigenvalue weighted by Gasteiger charge is -2.39. The molecular weight excluding hydrogens is 182 g/mol. The maximum absolute atomic E-state index is 3.59. The van der Waals surface area contributed by atoms with Crippen LogP contribution in [-0.2, 0) is 0 Å². The minimum absolute atomic E-state index is 0.652. The van der Waals surface area contributed by atoms with Crippen molar-refractivity contribution in [2.45, 2.75) is 65.8 Å². The zero-order chi connectivity index (χ0) is 11.3. The molecule has 1 rings (SSSR count).